The monoisotopic (exact) mass is 437 g/mol. The Kier molecular flexibility index (Phi) is 5.94. The van der Waals surface area contributed by atoms with Gasteiger partial charge in [-0.1, -0.05) is 19.1 Å². The summed E-state index contributed by atoms with van der Waals surface area (Å²) >= 11 is 1.28. The Labute approximate surface area is 181 Å². The summed E-state index contributed by atoms with van der Waals surface area (Å²) < 4.78 is 16.0. The van der Waals surface area contributed by atoms with Gasteiger partial charge in [0.15, 0.2) is 23.2 Å². The van der Waals surface area contributed by atoms with Crippen LogP contribution in [0.2, 0.25) is 0 Å². The van der Waals surface area contributed by atoms with Gasteiger partial charge in [0.05, 0.1) is 18.4 Å². The Bertz CT molecular complexity index is 1230. The molecule has 0 saturated carbocycles. The predicted octanol–water partition coefficient (Wildman–Crippen LogP) is 4.53. The van der Waals surface area contributed by atoms with E-state index in [1.807, 2.05) is 29.6 Å². The molecule has 4 aromatic rings. The average Bonchev–Trinajstić information content (AvgIpc) is 3.46. The molecule has 1 atom stereocenters. The lowest BCUT2D eigenvalue weighted by Crippen LogP contribution is -2.32. The summed E-state index contributed by atoms with van der Waals surface area (Å²) in [6, 6.07) is 12.3. The highest BCUT2D eigenvalue weighted by Crippen LogP contribution is 2.32. The number of fused-ring (bicyclic) bond motifs is 1. The number of oxazole rings is 1. The molecule has 2 aromatic carbocycles. The molecule has 2 heterocycles. The number of methoxy groups -OCH3 is 1. The van der Waals surface area contributed by atoms with Crippen LogP contribution in [0.4, 0.5) is 5.13 Å². The molecule has 0 radical (unpaired) electrons. The van der Waals surface area contributed by atoms with Crippen molar-refractivity contribution in [1.29, 1.82) is 0 Å². The van der Waals surface area contributed by atoms with Crippen molar-refractivity contribution in [3.05, 3.63) is 59.8 Å². The van der Waals surface area contributed by atoms with Crippen LogP contribution in [0, 0.1) is 0 Å². The number of para-hydroxylation sites is 1. The van der Waals surface area contributed by atoms with Crippen molar-refractivity contribution in [2.24, 2.45) is 0 Å². The molecule has 8 nitrogen and oxygen atoms in total. The van der Waals surface area contributed by atoms with E-state index in [9.17, 15) is 9.59 Å². The van der Waals surface area contributed by atoms with E-state index in [1.54, 1.807) is 32.2 Å². The van der Waals surface area contributed by atoms with Crippen LogP contribution in [0.1, 0.15) is 23.7 Å². The topological polar surface area (TPSA) is 104 Å². The molecule has 9 heteroatoms. The molecular weight excluding hydrogens is 418 g/mol. The summed E-state index contributed by atoms with van der Waals surface area (Å²) in [5.74, 6) is -0.366. The number of nitrogens with one attached hydrogen (secondary N) is 1. The van der Waals surface area contributed by atoms with Gasteiger partial charge in [-0.15, -0.1) is 11.3 Å². The second-order valence-electron chi connectivity index (χ2n) is 6.56. The standard InChI is InChI=1S/C22H19N3O5S/c1-3-17(30-21(27)13-8-9-19-15(10-13)23-12-29-19)20(26)25-22-24-16(11-31-22)14-6-4-5-7-18(14)28-2/h4-12,17H,3H2,1-2H3,(H,24,25,26). The van der Waals surface area contributed by atoms with E-state index in [4.69, 9.17) is 13.9 Å². The van der Waals surface area contributed by atoms with E-state index in [0.717, 1.165) is 5.56 Å². The molecule has 1 unspecified atom stereocenters. The summed E-state index contributed by atoms with van der Waals surface area (Å²) in [5, 5.41) is 4.96. The summed E-state index contributed by atoms with van der Waals surface area (Å²) in [7, 11) is 1.59. The number of anilines is 1. The Morgan fingerprint density at radius 3 is 2.87 bits per heavy atom. The Morgan fingerprint density at radius 2 is 2.06 bits per heavy atom. The van der Waals surface area contributed by atoms with Crippen LogP contribution in [0.5, 0.6) is 5.75 Å². The van der Waals surface area contributed by atoms with Crippen LogP contribution in [-0.4, -0.2) is 35.1 Å². The highest BCUT2D eigenvalue weighted by atomic mass is 32.1. The maximum absolute atomic E-state index is 12.7. The van der Waals surface area contributed by atoms with E-state index in [2.05, 4.69) is 15.3 Å². The smallest absolute Gasteiger partial charge is 0.338 e. The molecule has 0 bridgehead atoms. The first-order valence-corrected chi connectivity index (χ1v) is 10.4. The molecule has 0 fully saturated rings. The zero-order valence-corrected chi connectivity index (χ0v) is 17.6. The summed E-state index contributed by atoms with van der Waals surface area (Å²) in [6.07, 6.45) is 0.656. The first kappa shape index (κ1) is 20.5. The maximum atomic E-state index is 12.7. The summed E-state index contributed by atoms with van der Waals surface area (Å²) in [6.45, 7) is 1.76. The number of carbonyl (C=O) groups is 2. The number of thiazole rings is 1. The number of ether oxygens (including phenoxy) is 2. The number of amides is 1. The average molecular weight is 437 g/mol. The molecule has 0 aliphatic carbocycles. The van der Waals surface area contributed by atoms with E-state index in [-0.39, 0.29) is 0 Å². The van der Waals surface area contributed by atoms with Crippen molar-refractivity contribution in [3.8, 4) is 17.0 Å². The van der Waals surface area contributed by atoms with Crippen LogP contribution >= 0.6 is 11.3 Å². The van der Waals surface area contributed by atoms with Crippen molar-refractivity contribution in [1.82, 2.24) is 9.97 Å². The minimum Gasteiger partial charge on any atom is -0.496 e. The number of esters is 1. The molecule has 31 heavy (non-hydrogen) atoms. The highest BCUT2D eigenvalue weighted by Gasteiger charge is 2.23. The molecule has 0 aliphatic heterocycles. The third kappa shape index (κ3) is 4.41. The Morgan fingerprint density at radius 1 is 1.23 bits per heavy atom. The molecule has 1 amide bonds. The minimum atomic E-state index is -0.959. The highest BCUT2D eigenvalue weighted by molar-refractivity contribution is 7.14. The van der Waals surface area contributed by atoms with Gasteiger partial charge in [-0.05, 0) is 36.8 Å². The van der Waals surface area contributed by atoms with Crippen molar-refractivity contribution >= 4 is 39.4 Å². The van der Waals surface area contributed by atoms with Crippen molar-refractivity contribution in [3.63, 3.8) is 0 Å². The Hall–Kier alpha value is -3.72. The number of hydrogen-bond donors (Lipinski definition) is 1. The maximum Gasteiger partial charge on any atom is 0.338 e. The van der Waals surface area contributed by atoms with Gasteiger partial charge in [-0.2, -0.15) is 0 Å². The molecule has 158 valence electrons. The van der Waals surface area contributed by atoms with Gasteiger partial charge in [-0.25, -0.2) is 14.8 Å². The van der Waals surface area contributed by atoms with Gasteiger partial charge in [0, 0.05) is 10.9 Å². The van der Waals surface area contributed by atoms with E-state index >= 15 is 0 Å². The molecule has 1 N–H and O–H groups in total. The van der Waals surface area contributed by atoms with Gasteiger partial charge < -0.3 is 13.9 Å². The van der Waals surface area contributed by atoms with Gasteiger partial charge in [-0.3, -0.25) is 10.1 Å². The molecule has 4 rings (SSSR count). The zero-order chi connectivity index (χ0) is 21.8. The molecular formula is C22H19N3O5S. The quantitative estimate of drug-likeness (QED) is 0.424. The van der Waals surface area contributed by atoms with E-state index < -0.39 is 18.0 Å². The number of hydrogen-bond acceptors (Lipinski definition) is 8. The van der Waals surface area contributed by atoms with E-state index in [1.165, 1.54) is 17.7 Å². The SMILES string of the molecule is CCC(OC(=O)c1ccc2ocnc2c1)C(=O)Nc1nc(-c2ccccc2OC)cs1. The van der Waals surface area contributed by atoms with Gasteiger partial charge in [0.25, 0.3) is 5.91 Å². The predicted molar refractivity (Wildman–Crippen MR) is 116 cm³/mol. The molecule has 0 spiro atoms. The van der Waals surface area contributed by atoms with Crippen LogP contribution in [0.15, 0.2) is 58.7 Å². The van der Waals surface area contributed by atoms with E-state index in [0.29, 0.717) is 39.7 Å². The zero-order valence-electron chi connectivity index (χ0n) is 16.8. The lowest BCUT2D eigenvalue weighted by Gasteiger charge is -2.15. The van der Waals surface area contributed by atoms with Gasteiger partial charge >= 0.3 is 5.97 Å². The third-order valence-electron chi connectivity index (χ3n) is 4.60. The number of carbonyl (C=O) groups excluding carboxylic acids is 2. The first-order chi connectivity index (χ1) is 15.1. The lowest BCUT2D eigenvalue weighted by atomic mass is 10.1. The number of aromatic nitrogens is 2. The van der Waals surface area contributed by atoms with Gasteiger partial charge in [0.1, 0.15) is 11.3 Å². The first-order valence-electron chi connectivity index (χ1n) is 9.53. The molecule has 0 saturated heterocycles. The van der Waals surface area contributed by atoms with Crippen LogP contribution < -0.4 is 10.1 Å². The van der Waals surface area contributed by atoms with Gasteiger partial charge in [0.2, 0.25) is 0 Å². The second kappa shape index (κ2) is 8.97. The second-order valence-corrected chi connectivity index (χ2v) is 7.42. The van der Waals surface area contributed by atoms with Crippen molar-refractivity contribution in [2.45, 2.75) is 19.4 Å². The molecule has 2 aromatic heterocycles. The fraction of sp³-hybridized carbons (Fsp3) is 0.182. The fourth-order valence-electron chi connectivity index (χ4n) is 3.00. The summed E-state index contributed by atoms with van der Waals surface area (Å²) in [5.41, 5.74) is 2.90. The van der Waals surface area contributed by atoms with Crippen molar-refractivity contribution < 1.29 is 23.5 Å². The number of benzene rings is 2. The Balaban J connectivity index is 1.44. The molecule has 0 aliphatic rings. The largest absolute Gasteiger partial charge is 0.496 e. The normalized spacial score (nSPS) is 11.8. The van der Waals surface area contributed by atoms with Crippen LogP contribution in [-0.2, 0) is 9.53 Å². The fourth-order valence-corrected chi connectivity index (χ4v) is 3.71. The number of rotatable bonds is 7. The van der Waals surface area contributed by atoms with Crippen LogP contribution in [0.25, 0.3) is 22.4 Å². The van der Waals surface area contributed by atoms with Crippen molar-refractivity contribution in [2.75, 3.05) is 12.4 Å². The third-order valence-corrected chi connectivity index (χ3v) is 5.35. The minimum absolute atomic E-state index is 0.292. The van der Waals surface area contributed by atoms with Crippen LogP contribution in [0.3, 0.4) is 0 Å². The summed E-state index contributed by atoms with van der Waals surface area (Å²) in [4.78, 5) is 33.7. The lowest BCUT2D eigenvalue weighted by molar-refractivity contribution is -0.124. The number of nitrogens with zero attached hydrogens (tertiary/aromatic N) is 2.